The van der Waals surface area contributed by atoms with Crippen LogP contribution in [-0.2, 0) is 24.2 Å². The number of rotatable bonds is 8. The Kier molecular flexibility index (Phi) is 8.94. The minimum Gasteiger partial charge on any atom is -0.348 e. The van der Waals surface area contributed by atoms with Crippen molar-refractivity contribution in [2.24, 2.45) is 52.3 Å². The Labute approximate surface area is 258 Å². The third-order valence-electron chi connectivity index (χ3n) is 11.9. The number of halogens is 1. The summed E-state index contributed by atoms with van der Waals surface area (Å²) >= 11 is 5.20. The second-order valence-corrected chi connectivity index (χ2v) is 17.9. The molecule has 5 rings (SSSR count). The highest BCUT2D eigenvalue weighted by Gasteiger charge is 2.64. The maximum Gasteiger partial charge on any atom is 0.397 e. The Hall–Kier alpha value is -0.810. The lowest BCUT2D eigenvalue weighted by molar-refractivity contribution is -0.164. The van der Waals surface area contributed by atoms with E-state index < -0.39 is 16.5 Å². The third-order valence-corrected chi connectivity index (χ3v) is 14.1. The normalized spacial score (nSPS) is 38.6. The Morgan fingerprint density at radius 2 is 1.85 bits per heavy atom. The molecule has 4 fully saturated rings. The molecule has 1 aromatic rings. The van der Waals surface area contributed by atoms with Gasteiger partial charge in [-0.05, 0) is 119 Å². The number of hydrogen-bond donors (Lipinski definition) is 2. The van der Waals surface area contributed by atoms with E-state index in [4.69, 9.17) is 4.18 Å². The zero-order valence-corrected chi connectivity index (χ0v) is 28.1. The number of Topliss-reactive ketones (excluding diaryl/α,β-unsaturated/α-hetero) is 1. The molecule has 7 nitrogen and oxygen atoms in total. The summed E-state index contributed by atoms with van der Waals surface area (Å²) in [5, 5.41) is 3.31. The summed E-state index contributed by atoms with van der Waals surface area (Å²) in [4.78, 5) is 26.9. The van der Waals surface area contributed by atoms with Crippen molar-refractivity contribution in [3.05, 3.63) is 20.8 Å². The fraction of sp³-hybridized carbons (Fsp3) is 0.806. The van der Waals surface area contributed by atoms with Crippen LogP contribution in [0.5, 0.6) is 0 Å². The number of hydrogen-bond acceptors (Lipinski definition) is 6. The molecule has 1 aromatic heterocycles. The van der Waals surface area contributed by atoms with Gasteiger partial charge in [-0.15, -0.1) is 11.3 Å². The predicted octanol–water partition coefficient (Wildman–Crippen LogP) is 7.38. The van der Waals surface area contributed by atoms with Gasteiger partial charge in [0.1, 0.15) is 5.78 Å². The van der Waals surface area contributed by atoms with Crippen molar-refractivity contribution in [1.82, 2.24) is 5.32 Å². The van der Waals surface area contributed by atoms with Crippen LogP contribution in [0.1, 0.15) is 103 Å². The Morgan fingerprint density at radius 3 is 2.49 bits per heavy atom. The number of carbonyl (C=O) groups excluding carboxylic acids is 2. The van der Waals surface area contributed by atoms with E-state index in [2.05, 4.69) is 61.9 Å². The van der Waals surface area contributed by atoms with Gasteiger partial charge in [0.05, 0.1) is 15.9 Å². The summed E-state index contributed by atoms with van der Waals surface area (Å²) in [6.45, 7) is 11.1. The van der Waals surface area contributed by atoms with Crippen molar-refractivity contribution < 1.29 is 26.7 Å². The first-order chi connectivity index (χ1) is 19.1. The fourth-order valence-corrected chi connectivity index (χ4v) is 12.1. The third kappa shape index (κ3) is 6.11. The molecule has 4 aliphatic carbocycles. The molecule has 4 saturated carbocycles. The zero-order chi connectivity index (χ0) is 29.9. The van der Waals surface area contributed by atoms with Crippen LogP contribution in [0.25, 0.3) is 0 Å². The Balaban J connectivity index is 1.34. The van der Waals surface area contributed by atoms with E-state index in [1.165, 1.54) is 0 Å². The van der Waals surface area contributed by atoms with E-state index in [9.17, 15) is 22.6 Å². The van der Waals surface area contributed by atoms with E-state index in [-0.39, 0.29) is 64.1 Å². The SMILES string of the molecule is CC(C)C(NC(=O)C[C@@H](C)C1CC[C@H]2C3[C@H](OS(=O)(=O)O)CC4CC(=O)CCC4(C)[C@H]3CCC12C)c1ccc(Br)s1. The van der Waals surface area contributed by atoms with E-state index >= 15 is 0 Å². The van der Waals surface area contributed by atoms with Crippen molar-refractivity contribution in [3.8, 4) is 0 Å². The molecule has 0 spiro atoms. The summed E-state index contributed by atoms with van der Waals surface area (Å²) in [6, 6.07) is 4.08. The van der Waals surface area contributed by atoms with Crippen molar-refractivity contribution in [2.45, 2.75) is 105 Å². The van der Waals surface area contributed by atoms with Gasteiger partial charge in [0.25, 0.3) is 0 Å². The maximum absolute atomic E-state index is 13.4. The summed E-state index contributed by atoms with van der Waals surface area (Å²) in [7, 11) is -4.62. The first-order valence-electron chi connectivity index (χ1n) is 15.3. The Morgan fingerprint density at radius 1 is 1.15 bits per heavy atom. The minimum atomic E-state index is -4.62. The summed E-state index contributed by atoms with van der Waals surface area (Å²) in [5.74, 6) is 1.74. The lowest BCUT2D eigenvalue weighted by atomic mass is 9.44. The van der Waals surface area contributed by atoms with Gasteiger partial charge in [-0.1, -0.05) is 34.6 Å². The van der Waals surface area contributed by atoms with E-state index in [0.717, 1.165) is 40.8 Å². The van der Waals surface area contributed by atoms with E-state index in [1.54, 1.807) is 11.3 Å². The van der Waals surface area contributed by atoms with E-state index in [1.807, 2.05) is 6.07 Å². The molecule has 4 aliphatic rings. The zero-order valence-electron chi connectivity index (χ0n) is 24.9. The van der Waals surface area contributed by atoms with Crippen molar-refractivity contribution >= 4 is 49.4 Å². The van der Waals surface area contributed by atoms with Crippen LogP contribution in [-0.4, -0.2) is 30.8 Å². The second kappa shape index (κ2) is 11.6. The first-order valence-corrected chi connectivity index (χ1v) is 18.3. The summed E-state index contributed by atoms with van der Waals surface area (Å²) in [6.07, 6.45) is 6.22. The highest BCUT2D eigenvalue weighted by atomic mass is 79.9. The molecule has 0 radical (unpaired) electrons. The van der Waals surface area contributed by atoms with Crippen molar-refractivity contribution in [3.63, 3.8) is 0 Å². The van der Waals surface area contributed by atoms with Gasteiger partial charge >= 0.3 is 10.4 Å². The highest BCUT2D eigenvalue weighted by Crippen LogP contribution is 2.68. The van der Waals surface area contributed by atoms with Crippen molar-refractivity contribution in [1.29, 1.82) is 0 Å². The molecule has 230 valence electrons. The van der Waals surface area contributed by atoms with Crippen LogP contribution in [0.15, 0.2) is 15.9 Å². The molecule has 10 heteroatoms. The minimum absolute atomic E-state index is 0.0127. The van der Waals surface area contributed by atoms with Gasteiger partial charge in [0.2, 0.25) is 5.91 Å². The molecular formula is C31H46BrNO6S2. The number of amides is 1. The van der Waals surface area contributed by atoms with Crippen LogP contribution >= 0.6 is 27.3 Å². The monoisotopic (exact) mass is 671 g/mol. The molecular weight excluding hydrogens is 626 g/mol. The quantitative estimate of drug-likeness (QED) is 0.279. The molecule has 41 heavy (non-hydrogen) atoms. The van der Waals surface area contributed by atoms with Gasteiger partial charge in [-0.3, -0.25) is 14.1 Å². The fourth-order valence-electron chi connectivity index (χ4n) is 9.95. The number of carbonyl (C=O) groups is 2. The molecule has 0 aromatic carbocycles. The number of nitrogens with one attached hydrogen (secondary N) is 1. The van der Waals surface area contributed by atoms with Crippen LogP contribution in [0, 0.1) is 52.3 Å². The van der Waals surface area contributed by atoms with Gasteiger partial charge < -0.3 is 5.32 Å². The van der Waals surface area contributed by atoms with Gasteiger partial charge in [-0.2, -0.15) is 8.42 Å². The number of thiophene rings is 1. The molecule has 0 saturated heterocycles. The lowest BCUT2D eigenvalue weighted by Crippen LogP contribution is -2.59. The van der Waals surface area contributed by atoms with Crippen molar-refractivity contribution in [2.75, 3.05) is 0 Å². The molecule has 2 N–H and O–H groups in total. The summed E-state index contributed by atoms with van der Waals surface area (Å²) < 4.78 is 40.3. The topological polar surface area (TPSA) is 110 Å². The van der Waals surface area contributed by atoms with Gasteiger partial charge in [0, 0.05) is 24.1 Å². The molecule has 0 bridgehead atoms. The number of ketones is 1. The smallest absolute Gasteiger partial charge is 0.348 e. The average Bonchev–Trinajstić information content (AvgIpc) is 3.45. The molecule has 0 aliphatic heterocycles. The predicted molar refractivity (Wildman–Crippen MR) is 164 cm³/mol. The first kappa shape index (κ1) is 31.6. The van der Waals surface area contributed by atoms with Gasteiger partial charge in [-0.25, -0.2) is 4.18 Å². The molecule has 10 atom stereocenters. The molecule has 1 heterocycles. The maximum atomic E-state index is 13.4. The summed E-state index contributed by atoms with van der Waals surface area (Å²) in [5.41, 5.74) is -0.0589. The van der Waals surface area contributed by atoms with Crippen LogP contribution in [0.2, 0.25) is 0 Å². The largest absolute Gasteiger partial charge is 0.397 e. The Bertz CT molecular complexity index is 1260. The second-order valence-electron chi connectivity index (χ2n) is 14.4. The standard InChI is InChI=1S/C31H46BrNO6S2/c1-17(2)29(25-8-9-26(32)40-25)33-27(35)14-18(3)21-6-7-22-28-23(11-13-31(21,22)5)30(4)12-10-20(34)15-19(30)16-24(28)39-41(36,37)38/h8-9,17-19,21-24,28-29H,6-7,10-16H2,1-5H3,(H,33,35)(H,36,37,38)/t18-,19?,21?,22+,23+,24-,28?,29?,30?,31?/m1/s1. The van der Waals surface area contributed by atoms with Crippen LogP contribution < -0.4 is 5.32 Å². The average molecular weight is 673 g/mol. The molecule has 6 unspecified atom stereocenters. The van der Waals surface area contributed by atoms with E-state index in [0.29, 0.717) is 31.6 Å². The van der Waals surface area contributed by atoms with Crippen LogP contribution in [0.4, 0.5) is 0 Å². The van der Waals surface area contributed by atoms with Gasteiger partial charge in [0.15, 0.2) is 0 Å². The highest BCUT2D eigenvalue weighted by molar-refractivity contribution is 9.11. The van der Waals surface area contributed by atoms with Crippen LogP contribution in [0.3, 0.4) is 0 Å². The molecule has 1 amide bonds. The lowest BCUT2D eigenvalue weighted by Gasteiger charge is -2.62. The number of fused-ring (bicyclic) bond motifs is 5.